The van der Waals surface area contributed by atoms with Crippen LogP contribution in [0.2, 0.25) is 0 Å². The van der Waals surface area contributed by atoms with E-state index in [0.29, 0.717) is 0 Å². The van der Waals surface area contributed by atoms with Crippen molar-refractivity contribution in [1.29, 1.82) is 0 Å². The molecule has 2 heterocycles. The highest BCUT2D eigenvalue weighted by atomic mass is 16.3. The maximum absolute atomic E-state index is 9.90. The van der Waals surface area contributed by atoms with Crippen molar-refractivity contribution in [3.05, 3.63) is 29.6 Å². The lowest BCUT2D eigenvalue weighted by atomic mass is 9.91. The van der Waals surface area contributed by atoms with E-state index in [1.165, 1.54) is 5.56 Å². The maximum Gasteiger partial charge on any atom is 0.0718 e. The van der Waals surface area contributed by atoms with Crippen LogP contribution in [0.15, 0.2) is 18.3 Å². The van der Waals surface area contributed by atoms with Gasteiger partial charge in [-0.2, -0.15) is 0 Å². The zero-order chi connectivity index (χ0) is 16.4. The molecule has 1 aromatic rings. The smallest absolute Gasteiger partial charge is 0.0718 e. The normalized spacial score (nSPS) is 18.6. The average molecular weight is 305 g/mol. The van der Waals surface area contributed by atoms with Crippen LogP contribution in [0, 0.1) is 0 Å². The first kappa shape index (κ1) is 17.4. The SMILES string of the molecule is CC(C)(O)CN1CCN(Cc2ccc(C(C)(C)C)nc2)CC1. The molecule has 4 heteroatoms. The summed E-state index contributed by atoms with van der Waals surface area (Å²) >= 11 is 0. The van der Waals surface area contributed by atoms with E-state index in [1.54, 1.807) is 0 Å². The fraction of sp³-hybridized carbons (Fsp3) is 0.722. The van der Waals surface area contributed by atoms with Gasteiger partial charge in [0.2, 0.25) is 0 Å². The molecule has 124 valence electrons. The summed E-state index contributed by atoms with van der Waals surface area (Å²) in [7, 11) is 0. The van der Waals surface area contributed by atoms with Crippen molar-refractivity contribution in [2.75, 3.05) is 32.7 Å². The lowest BCUT2D eigenvalue weighted by Crippen LogP contribution is -2.50. The third kappa shape index (κ3) is 5.34. The highest BCUT2D eigenvalue weighted by Crippen LogP contribution is 2.20. The molecule has 0 atom stereocenters. The summed E-state index contributed by atoms with van der Waals surface area (Å²) in [5.74, 6) is 0. The van der Waals surface area contributed by atoms with Crippen molar-refractivity contribution in [1.82, 2.24) is 14.8 Å². The second-order valence-electron chi connectivity index (χ2n) is 8.17. The van der Waals surface area contributed by atoms with E-state index in [1.807, 2.05) is 20.0 Å². The summed E-state index contributed by atoms with van der Waals surface area (Å²) in [5.41, 5.74) is 1.94. The molecular weight excluding hydrogens is 274 g/mol. The van der Waals surface area contributed by atoms with Crippen LogP contribution in [-0.4, -0.2) is 58.2 Å². The molecule has 0 bridgehead atoms. The number of piperazine rings is 1. The monoisotopic (exact) mass is 305 g/mol. The molecule has 1 saturated heterocycles. The molecule has 4 nitrogen and oxygen atoms in total. The van der Waals surface area contributed by atoms with Crippen molar-refractivity contribution >= 4 is 0 Å². The van der Waals surface area contributed by atoms with E-state index in [-0.39, 0.29) is 5.41 Å². The van der Waals surface area contributed by atoms with E-state index < -0.39 is 5.60 Å². The number of pyridine rings is 1. The molecule has 0 saturated carbocycles. The minimum absolute atomic E-state index is 0.112. The van der Waals surface area contributed by atoms with E-state index >= 15 is 0 Å². The lowest BCUT2D eigenvalue weighted by Gasteiger charge is -2.37. The van der Waals surface area contributed by atoms with Gasteiger partial charge in [-0.25, -0.2) is 0 Å². The van der Waals surface area contributed by atoms with Crippen LogP contribution in [0.1, 0.15) is 45.9 Å². The summed E-state index contributed by atoms with van der Waals surface area (Å²) < 4.78 is 0. The molecule has 1 aliphatic rings. The highest BCUT2D eigenvalue weighted by molar-refractivity contribution is 5.19. The second kappa shape index (κ2) is 6.65. The van der Waals surface area contributed by atoms with E-state index in [2.05, 4.69) is 47.7 Å². The van der Waals surface area contributed by atoms with Crippen LogP contribution in [0.25, 0.3) is 0 Å². The number of hydrogen-bond acceptors (Lipinski definition) is 4. The first-order valence-electron chi connectivity index (χ1n) is 8.26. The van der Waals surface area contributed by atoms with Crippen LogP contribution in [0.3, 0.4) is 0 Å². The topological polar surface area (TPSA) is 39.6 Å². The van der Waals surface area contributed by atoms with Crippen molar-refractivity contribution in [3.63, 3.8) is 0 Å². The fourth-order valence-corrected chi connectivity index (χ4v) is 2.87. The minimum atomic E-state index is -0.602. The zero-order valence-corrected chi connectivity index (χ0v) is 14.8. The van der Waals surface area contributed by atoms with Gasteiger partial charge in [-0.05, 0) is 25.5 Å². The Kier molecular flexibility index (Phi) is 5.25. The summed E-state index contributed by atoms with van der Waals surface area (Å²) in [6, 6.07) is 4.36. The molecule has 0 aromatic carbocycles. The van der Waals surface area contributed by atoms with Gasteiger partial charge in [-0.1, -0.05) is 26.8 Å². The number of nitrogens with zero attached hydrogens (tertiary/aromatic N) is 3. The van der Waals surface area contributed by atoms with Crippen molar-refractivity contribution < 1.29 is 5.11 Å². The molecule has 0 amide bonds. The van der Waals surface area contributed by atoms with Crippen molar-refractivity contribution in [3.8, 4) is 0 Å². The summed E-state index contributed by atoms with van der Waals surface area (Å²) in [6.45, 7) is 16.2. The molecule has 0 aliphatic carbocycles. The van der Waals surface area contributed by atoms with Crippen LogP contribution in [0.5, 0.6) is 0 Å². The predicted octanol–water partition coefficient (Wildman–Crippen LogP) is 2.27. The molecule has 1 N–H and O–H groups in total. The Morgan fingerprint density at radius 1 is 1.00 bits per heavy atom. The van der Waals surface area contributed by atoms with Gasteiger partial charge < -0.3 is 5.11 Å². The Hall–Kier alpha value is -0.970. The second-order valence-corrected chi connectivity index (χ2v) is 8.17. The Bertz CT molecular complexity index is 463. The van der Waals surface area contributed by atoms with Crippen LogP contribution < -0.4 is 0 Å². The Labute approximate surface area is 135 Å². The number of aromatic nitrogens is 1. The van der Waals surface area contributed by atoms with Gasteiger partial charge in [0.1, 0.15) is 0 Å². The van der Waals surface area contributed by atoms with E-state index in [4.69, 9.17) is 0 Å². The van der Waals surface area contributed by atoms with E-state index in [0.717, 1.165) is 45.0 Å². The number of rotatable bonds is 4. The third-order valence-electron chi connectivity index (χ3n) is 4.07. The van der Waals surface area contributed by atoms with E-state index in [9.17, 15) is 5.11 Å². The van der Waals surface area contributed by atoms with Crippen LogP contribution in [0.4, 0.5) is 0 Å². The van der Waals surface area contributed by atoms with Crippen molar-refractivity contribution in [2.45, 2.75) is 52.2 Å². The predicted molar refractivity (Wildman–Crippen MR) is 91.0 cm³/mol. The number of hydrogen-bond donors (Lipinski definition) is 1. The van der Waals surface area contributed by atoms with Gasteiger partial charge in [0.15, 0.2) is 0 Å². The van der Waals surface area contributed by atoms with Gasteiger partial charge in [0, 0.05) is 56.6 Å². The molecule has 0 spiro atoms. The van der Waals surface area contributed by atoms with Crippen LogP contribution >= 0.6 is 0 Å². The van der Waals surface area contributed by atoms with Gasteiger partial charge in [0.25, 0.3) is 0 Å². The largest absolute Gasteiger partial charge is 0.389 e. The first-order chi connectivity index (χ1) is 10.1. The Balaban J connectivity index is 1.83. The number of aliphatic hydroxyl groups is 1. The van der Waals surface area contributed by atoms with Gasteiger partial charge in [-0.3, -0.25) is 14.8 Å². The molecule has 1 fully saturated rings. The molecule has 0 radical (unpaired) electrons. The Morgan fingerprint density at radius 3 is 2.05 bits per heavy atom. The molecular formula is C18H31N3O. The zero-order valence-electron chi connectivity index (χ0n) is 14.8. The standard InChI is InChI=1S/C18H31N3O/c1-17(2,3)16-7-6-15(12-19-16)13-20-8-10-21(11-9-20)14-18(4,5)22/h6-7,12,22H,8-11,13-14H2,1-5H3. The summed E-state index contributed by atoms with van der Waals surface area (Å²) in [6.07, 6.45) is 2.02. The molecule has 1 aromatic heterocycles. The quantitative estimate of drug-likeness (QED) is 0.926. The molecule has 2 rings (SSSR count). The summed E-state index contributed by atoms with van der Waals surface area (Å²) in [5, 5.41) is 9.90. The molecule has 1 aliphatic heterocycles. The molecule has 22 heavy (non-hydrogen) atoms. The molecule has 0 unspecified atom stereocenters. The van der Waals surface area contributed by atoms with Crippen LogP contribution in [-0.2, 0) is 12.0 Å². The average Bonchev–Trinajstić information content (AvgIpc) is 2.39. The number of β-amino-alcohol motifs (C(OH)–C–C–N with tert-alkyl or cyclic N) is 1. The van der Waals surface area contributed by atoms with Gasteiger partial charge >= 0.3 is 0 Å². The highest BCUT2D eigenvalue weighted by Gasteiger charge is 2.23. The fourth-order valence-electron chi connectivity index (χ4n) is 2.87. The van der Waals surface area contributed by atoms with Gasteiger partial charge in [0.05, 0.1) is 5.60 Å². The lowest BCUT2D eigenvalue weighted by molar-refractivity contribution is 0.0166. The first-order valence-corrected chi connectivity index (χ1v) is 8.26. The van der Waals surface area contributed by atoms with Crippen molar-refractivity contribution in [2.24, 2.45) is 0 Å². The minimum Gasteiger partial charge on any atom is -0.389 e. The van der Waals surface area contributed by atoms with Gasteiger partial charge in [-0.15, -0.1) is 0 Å². The Morgan fingerprint density at radius 2 is 1.59 bits per heavy atom. The summed E-state index contributed by atoms with van der Waals surface area (Å²) in [4.78, 5) is 9.42. The maximum atomic E-state index is 9.90. The third-order valence-corrected chi connectivity index (χ3v) is 4.07.